The van der Waals surface area contributed by atoms with Gasteiger partial charge in [-0.15, -0.1) is 6.58 Å². The second kappa shape index (κ2) is 4.72. The summed E-state index contributed by atoms with van der Waals surface area (Å²) in [4.78, 5) is 14.1. The van der Waals surface area contributed by atoms with Gasteiger partial charge in [0.1, 0.15) is 0 Å². The molecule has 2 heteroatoms. The van der Waals surface area contributed by atoms with Gasteiger partial charge in [0.15, 0.2) is 0 Å². The Kier molecular flexibility index (Phi) is 3.59. The molecular weight excluding hydrogens is 186 g/mol. The van der Waals surface area contributed by atoms with Crippen LogP contribution in [0.15, 0.2) is 41.9 Å². The zero-order valence-corrected chi connectivity index (χ0v) is 9.16. The molecule has 1 rings (SSSR count). The lowest BCUT2D eigenvalue weighted by Gasteiger charge is -2.18. The van der Waals surface area contributed by atoms with Crippen molar-refractivity contribution in [2.75, 3.05) is 0 Å². The number of hydrogen-bond acceptors (Lipinski definition) is 2. The van der Waals surface area contributed by atoms with Gasteiger partial charge in [0.25, 0.3) is 0 Å². The predicted octanol–water partition coefficient (Wildman–Crippen LogP) is 2.99. The van der Waals surface area contributed by atoms with Crippen molar-refractivity contribution in [3.8, 4) is 0 Å². The maximum atomic E-state index is 10.3. The first-order valence-corrected chi connectivity index (χ1v) is 4.89. The van der Waals surface area contributed by atoms with Crippen LogP contribution < -0.4 is 0 Å². The van der Waals surface area contributed by atoms with Crippen molar-refractivity contribution in [3.05, 3.63) is 48.0 Å². The second-order valence-corrected chi connectivity index (χ2v) is 3.96. The molecule has 0 saturated carbocycles. The zero-order valence-electron chi connectivity index (χ0n) is 9.16. The lowest BCUT2D eigenvalue weighted by molar-refractivity contribution is 0.522. The van der Waals surface area contributed by atoms with Gasteiger partial charge in [-0.2, -0.15) is 4.99 Å². The quantitative estimate of drug-likeness (QED) is 0.418. The van der Waals surface area contributed by atoms with Crippen LogP contribution in [0.5, 0.6) is 0 Å². The maximum Gasteiger partial charge on any atom is 0.235 e. The summed E-state index contributed by atoms with van der Waals surface area (Å²) in [6, 6.07) is 8.01. The highest BCUT2D eigenvalue weighted by Crippen LogP contribution is 2.24. The van der Waals surface area contributed by atoms with Crippen LogP contribution in [0.25, 0.3) is 0 Å². The molecule has 0 saturated heterocycles. The number of allylic oxidation sites excluding steroid dienone is 1. The van der Waals surface area contributed by atoms with Crippen molar-refractivity contribution in [1.82, 2.24) is 0 Å². The number of isocyanates is 1. The SMILES string of the molecule is C=CCc1cccc(C(C)(C)N=C=O)c1. The fourth-order valence-corrected chi connectivity index (χ4v) is 1.42. The van der Waals surface area contributed by atoms with E-state index in [-0.39, 0.29) is 0 Å². The van der Waals surface area contributed by atoms with E-state index in [0.29, 0.717) is 0 Å². The maximum absolute atomic E-state index is 10.3. The fraction of sp³-hybridized carbons (Fsp3) is 0.308. The Hall–Kier alpha value is -1.66. The average Bonchev–Trinajstić information content (AvgIpc) is 2.19. The first-order valence-electron chi connectivity index (χ1n) is 4.89. The van der Waals surface area contributed by atoms with Crippen LogP contribution >= 0.6 is 0 Å². The lowest BCUT2D eigenvalue weighted by atomic mass is 9.93. The molecule has 1 aromatic carbocycles. The molecular formula is C13H15NO. The van der Waals surface area contributed by atoms with Crippen LogP contribution in [0.1, 0.15) is 25.0 Å². The third-order valence-corrected chi connectivity index (χ3v) is 2.34. The number of rotatable bonds is 4. The Morgan fingerprint density at radius 1 is 1.53 bits per heavy atom. The molecule has 78 valence electrons. The smallest absolute Gasteiger partial charge is 0.211 e. The highest BCUT2D eigenvalue weighted by Gasteiger charge is 2.18. The molecule has 15 heavy (non-hydrogen) atoms. The van der Waals surface area contributed by atoms with E-state index in [2.05, 4.69) is 11.6 Å². The Morgan fingerprint density at radius 2 is 2.27 bits per heavy atom. The van der Waals surface area contributed by atoms with Gasteiger partial charge in [-0.25, -0.2) is 4.79 Å². The first-order chi connectivity index (χ1) is 7.10. The molecule has 0 heterocycles. The number of benzene rings is 1. The third kappa shape index (κ3) is 2.90. The molecule has 0 aliphatic heterocycles. The lowest BCUT2D eigenvalue weighted by Crippen LogP contribution is -2.13. The molecule has 0 atom stereocenters. The van der Waals surface area contributed by atoms with Gasteiger partial charge < -0.3 is 0 Å². The standard InChI is InChI=1S/C13H15NO/c1-4-6-11-7-5-8-12(9-11)13(2,3)14-10-15/h4-5,7-9H,1,6H2,2-3H3. The molecule has 0 fully saturated rings. The van der Waals surface area contributed by atoms with Crippen molar-refractivity contribution in [2.24, 2.45) is 4.99 Å². The molecule has 0 unspecified atom stereocenters. The van der Waals surface area contributed by atoms with Gasteiger partial charge >= 0.3 is 0 Å². The normalized spacial score (nSPS) is 10.5. The third-order valence-electron chi connectivity index (χ3n) is 2.34. The molecule has 0 aromatic heterocycles. The minimum atomic E-state index is -0.501. The van der Waals surface area contributed by atoms with E-state index in [9.17, 15) is 4.79 Å². The van der Waals surface area contributed by atoms with Gasteiger partial charge in [-0.1, -0.05) is 30.3 Å². The van der Waals surface area contributed by atoms with Crippen molar-refractivity contribution in [3.63, 3.8) is 0 Å². The van der Waals surface area contributed by atoms with Gasteiger partial charge in [0.2, 0.25) is 6.08 Å². The van der Waals surface area contributed by atoms with Gasteiger partial charge in [-0.3, -0.25) is 0 Å². The largest absolute Gasteiger partial charge is 0.235 e. The highest BCUT2D eigenvalue weighted by atomic mass is 16.1. The molecule has 2 nitrogen and oxygen atoms in total. The van der Waals surface area contributed by atoms with Crippen molar-refractivity contribution < 1.29 is 4.79 Å². The average molecular weight is 201 g/mol. The number of aliphatic imine (C=N–C) groups is 1. The summed E-state index contributed by atoms with van der Waals surface area (Å²) < 4.78 is 0. The zero-order chi connectivity index (χ0) is 11.3. The monoisotopic (exact) mass is 201 g/mol. The molecule has 0 bridgehead atoms. The van der Waals surface area contributed by atoms with Crippen LogP contribution in [0.4, 0.5) is 0 Å². The van der Waals surface area contributed by atoms with E-state index < -0.39 is 5.54 Å². The highest BCUT2D eigenvalue weighted by molar-refractivity contribution is 5.38. The summed E-state index contributed by atoms with van der Waals surface area (Å²) in [6.45, 7) is 7.49. The Morgan fingerprint density at radius 3 is 2.87 bits per heavy atom. The molecule has 0 N–H and O–H groups in total. The summed E-state index contributed by atoms with van der Waals surface area (Å²) in [5, 5.41) is 0. The Balaban J connectivity index is 3.09. The van der Waals surface area contributed by atoms with E-state index in [1.165, 1.54) is 5.56 Å². The molecule has 0 amide bonds. The molecule has 0 radical (unpaired) electrons. The van der Waals surface area contributed by atoms with E-state index in [0.717, 1.165) is 12.0 Å². The summed E-state index contributed by atoms with van der Waals surface area (Å²) in [5.41, 5.74) is 1.70. The molecule has 0 spiro atoms. The molecule has 0 aliphatic carbocycles. The van der Waals surface area contributed by atoms with Gasteiger partial charge in [-0.05, 0) is 31.4 Å². The summed E-state index contributed by atoms with van der Waals surface area (Å²) >= 11 is 0. The van der Waals surface area contributed by atoms with Crippen LogP contribution in [0.2, 0.25) is 0 Å². The van der Waals surface area contributed by atoms with Crippen LogP contribution in [-0.2, 0) is 16.8 Å². The Labute approximate surface area is 90.4 Å². The Bertz CT molecular complexity index is 401. The van der Waals surface area contributed by atoms with E-state index >= 15 is 0 Å². The summed E-state index contributed by atoms with van der Waals surface area (Å²) in [7, 11) is 0. The van der Waals surface area contributed by atoms with Gasteiger partial charge in [0, 0.05) is 0 Å². The summed E-state index contributed by atoms with van der Waals surface area (Å²) in [6.07, 6.45) is 4.30. The van der Waals surface area contributed by atoms with E-state index in [4.69, 9.17) is 0 Å². The number of hydrogen-bond donors (Lipinski definition) is 0. The molecule has 1 aromatic rings. The van der Waals surface area contributed by atoms with Crippen molar-refractivity contribution in [2.45, 2.75) is 25.8 Å². The summed E-state index contributed by atoms with van der Waals surface area (Å²) in [5.74, 6) is 0. The van der Waals surface area contributed by atoms with Crippen LogP contribution in [0.3, 0.4) is 0 Å². The van der Waals surface area contributed by atoms with Crippen molar-refractivity contribution in [1.29, 1.82) is 0 Å². The molecule has 0 aliphatic rings. The second-order valence-electron chi connectivity index (χ2n) is 3.96. The fourth-order valence-electron chi connectivity index (χ4n) is 1.42. The minimum Gasteiger partial charge on any atom is -0.211 e. The number of nitrogens with zero attached hydrogens (tertiary/aromatic N) is 1. The van der Waals surface area contributed by atoms with E-state index in [1.807, 2.05) is 44.2 Å². The van der Waals surface area contributed by atoms with Crippen LogP contribution in [-0.4, -0.2) is 6.08 Å². The van der Waals surface area contributed by atoms with Crippen LogP contribution in [0, 0.1) is 0 Å². The number of carbonyl (C=O) groups excluding carboxylic acids is 1. The van der Waals surface area contributed by atoms with Gasteiger partial charge in [0.05, 0.1) is 5.54 Å². The predicted molar refractivity (Wildman–Crippen MR) is 61.5 cm³/mol. The topological polar surface area (TPSA) is 29.4 Å². The van der Waals surface area contributed by atoms with Crippen molar-refractivity contribution >= 4 is 6.08 Å². The first kappa shape index (κ1) is 11.4. The van der Waals surface area contributed by atoms with E-state index in [1.54, 1.807) is 6.08 Å². The minimum absolute atomic E-state index is 0.501.